The fourth-order valence-corrected chi connectivity index (χ4v) is 2.56. The van der Waals surface area contributed by atoms with Gasteiger partial charge in [0.25, 0.3) is 11.8 Å². The molecular weight excluding hydrogens is 315 g/mol. The highest BCUT2D eigenvalue weighted by Crippen LogP contribution is 2.30. The standard InChI is InChI=1S/C14H14FNO3.C3H7NO/c15-14(5-7-19-8-6-14)9-16-12(17)10-3-1-2-4-11(10)13(16)18;1-4(2)3-5/h1-4H,5-9H2;3H,1-2H3. The minimum atomic E-state index is -1.52. The maximum atomic E-state index is 14.6. The van der Waals surface area contributed by atoms with E-state index in [0.29, 0.717) is 24.3 Å². The Hall–Kier alpha value is -2.28. The highest BCUT2D eigenvalue weighted by molar-refractivity contribution is 6.21. The monoisotopic (exact) mass is 336 g/mol. The second kappa shape index (κ2) is 7.53. The number of ether oxygens (including phenoxy) is 1. The van der Waals surface area contributed by atoms with E-state index >= 15 is 0 Å². The maximum absolute atomic E-state index is 14.6. The fraction of sp³-hybridized carbons (Fsp3) is 0.471. The van der Waals surface area contributed by atoms with E-state index in [9.17, 15) is 18.8 Å². The van der Waals surface area contributed by atoms with Crippen molar-refractivity contribution >= 4 is 18.2 Å². The van der Waals surface area contributed by atoms with Crippen molar-refractivity contribution in [3.63, 3.8) is 0 Å². The van der Waals surface area contributed by atoms with Gasteiger partial charge in [-0.05, 0) is 12.1 Å². The summed E-state index contributed by atoms with van der Waals surface area (Å²) in [7, 11) is 3.38. The molecule has 1 saturated heterocycles. The molecule has 3 amide bonds. The van der Waals surface area contributed by atoms with Crippen LogP contribution in [0.5, 0.6) is 0 Å². The molecule has 2 aliphatic rings. The summed E-state index contributed by atoms with van der Waals surface area (Å²) < 4.78 is 19.7. The van der Waals surface area contributed by atoms with E-state index in [-0.39, 0.29) is 19.4 Å². The van der Waals surface area contributed by atoms with Gasteiger partial charge in [0.05, 0.1) is 17.7 Å². The molecule has 0 unspecified atom stereocenters. The van der Waals surface area contributed by atoms with Crippen LogP contribution in [0, 0.1) is 0 Å². The molecule has 3 rings (SSSR count). The summed E-state index contributed by atoms with van der Waals surface area (Å²) in [6.45, 7) is 0.488. The number of amides is 3. The molecule has 1 fully saturated rings. The largest absolute Gasteiger partial charge is 0.381 e. The predicted molar refractivity (Wildman–Crippen MR) is 85.5 cm³/mol. The van der Waals surface area contributed by atoms with Gasteiger partial charge < -0.3 is 9.64 Å². The highest BCUT2D eigenvalue weighted by atomic mass is 19.1. The van der Waals surface area contributed by atoms with Crippen LogP contribution < -0.4 is 0 Å². The van der Waals surface area contributed by atoms with Crippen LogP contribution in [0.15, 0.2) is 24.3 Å². The Labute approximate surface area is 140 Å². The molecule has 130 valence electrons. The molecule has 0 atom stereocenters. The number of hydrogen-bond donors (Lipinski definition) is 0. The Balaban J connectivity index is 0.000000368. The number of benzene rings is 1. The van der Waals surface area contributed by atoms with Crippen molar-refractivity contribution in [3.05, 3.63) is 35.4 Å². The molecule has 0 bridgehead atoms. The van der Waals surface area contributed by atoms with Gasteiger partial charge in [-0.2, -0.15) is 0 Å². The van der Waals surface area contributed by atoms with E-state index in [1.54, 1.807) is 38.4 Å². The Kier molecular flexibility index (Phi) is 5.66. The zero-order valence-electron chi connectivity index (χ0n) is 13.8. The van der Waals surface area contributed by atoms with Gasteiger partial charge in [-0.1, -0.05) is 12.1 Å². The quantitative estimate of drug-likeness (QED) is 0.620. The number of halogens is 1. The van der Waals surface area contributed by atoms with Crippen molar-refractivity contribution < 1.29 is 23.5 Å². The zero-order valence-corrected chi connectivity index (χ0v) is 13.8. The smallest absolute Gasteiger partial charge is 0.261 e. The molecule has 7 heteroatoms. The lowest BCUT2D eigenvalue weighted by Crippen LogP contribution is -2.45. The van der Waals surface area contributed by atoms with Gasteiger partial charge in [0.15, 0.2) is 0 Å². The minimum Gasteiger partial charge on any atom is -0.381 e. The number of hydrogen-bond acceptors (Lipinski definition) is 4. The van der Waals surface area contributed by atoms with Gasteiger partial charge in [0.2, 0.25) is 6.41 Å². The molecule has 0 radical (unpaired) electrons. The molecule has 1 aromatic rings. The second-order valence-electron chi connectivity index (χ2n) is 6.07. The van der Waals surface area contributed by atoms with Gasteiger partial charge in [-0.25, -0.2) is 4.39 Å². The van der Waals surface area contributed by atoms with E-state index < -0.39 is 17.5 Å². The average molecular weight is 336 g/mol. The summed E-state index contributed by atoms with van der Waals surface area (Å²) in [5, 5.41) is 0. The summed E-state index contributed by atoms with van der Waals surface area (Å²) in [5.41, 5.74) is -0.794. The zero-order chi connectivity index (χ0) is 17.7. The number of imide groups is 1. The van der Waals surface area contributed by atoms with Crippen molar-refractivity contribution in [1.82, 2.24) is 9.80 Å². The first-order chi connectivity index (χ1) is 11.4. The van der Waals surface area contributed by atoms with Crippen molar-refractivity contribution in [2.75, 3.05) is 33.9 Å². The molecule has 2 aliphatic heterocycles. The van der Waals surface area contributed by atoms with Crippen LogP contribution >= 0.6 is 0 Å². The van der Waals surface area contributed by atoms with Crippen LogP contribution in [0.2, 0.25) is 0 Å². The molecule has 1 aromatic carbocycles. The van der Waals surface area contributed by atoms with Gasteiger partial charge in [-0.15, -0.1) is 0 Å². The van der Waals surface area contributed by atoms with E-state index in [4.69, 9.17) is 4.74 Å². The third-order valence-corrected chi connectivity index (χ3v) is 3.92. The summed E-state index contributed by atoms with van der Waals surface area (Å²) in [4.78, 5) is 36.2. The molecular formula is C17H21FN2O4. The third kappa shape index (κ3) is 3.97. The van der Waals surface area contributed by atoms with Crippen molar-refractivity contribution in [3.8, 4) is 0 Å². The lowest BCUT2D eigenvalue weighted by Gasteiger charge is -2.32. The van der Waals surface area contributed by atoms with E-state index in [0.717, 1.165) is 11.3 Å². The molecule has 2 heterocycles. The summed E-state index contributed by atoms with van der Waals surface area (Å²) in [5.74, 6) is -0.798. The van der Waals surface area contributed by atoms with Gasteiger partial charge in [0, 0.05) is 40.2 Å². The summed E-state index contributed by atoms with van der Waals surface area (Å²) >= 11 is 0. The molecule has 0 aliphatic carbocycles. The Morgan fingerprint density at radius 3 is 2.04 bits per heavy atom. The Morgan fingerprint density at radius 1 is 1.17 bits per heavy atom. The molecule has 6 nitrogen and oxygen atoms in total. The topological polar surface area (TPSA) is 66.9 Å². The van der Waals surface area contributed by atoms with E-state index in [1.807, 2.05) is 0 Å². The summed E-state index contributed by atoms with van der Waals surface area (Å²) in [6, 6.07) is 6.61. The van der Waals surface area contributed by atoms with Gasteiger partial charge in [-0.3, -0.25) is 19.3 Å². The van der Waals surface area contributed by atoms with Crippen molar-refractivity contribution in [2.45, 2.75) is 18.5 Å². The molecule has 0 spiro atoms. The van der Waals surface area contributed by atoms with Crippen LogP contribution in [0.4, 0.5) is 4.39 Å². The number of rotatable bonds is 3. The first-order valence-corrected chi connectivity index (χ1v) is 7.71. The average Bonchev–Trinajstić information content (AvgIpc) is 2.81. The number of fused-ring (bicyclic) bond motifs is 1. The minimum absolute atomic E-state index is 0.178. The Morgan fingerprint density at radius 2 is 1.62 bits per heavy atom. The van der Waals surface area contributed by atoms with Crippen molar-refractivity contribution in [2.24, 2.45) is 0 Å². The summed E-state index contributed by atoms with van der Waals surface area (Å²) in [6.07, 6.45) is 1.20. The van der Waals surface area contributed by atoms with Crippen LogP contribution in [0.3, 0.4) is 0 Å². The van der Waals surface area contributed by atoms with E-state index in [1.165, 1.54) is 4.90 Å². The second-order valence-corrected chi connectivity index (χ2v) is 6.07. The number of alkyl halides is 1. The number of carbonyl (C=O) groups excluding carboxylic acids is 3. The first kappa shape index (κ1) is 18.1. The van der Waals surface area contributed by atoms with Gasteiger partial charge >= 0.3 is 0 Å². The first-order valence-electron chi connectivity index (χ1n) is 7.71. The molecule has 0 N–H and O–H groups in total. The van der Waals surface area contributed by atoms with Crippen LogP contribution in [-0.2, 0) is 9.53 Å². The normalized spacial score (nSPS) is 18.5. The lowest BCUT2D eigenvalue weighted by molar-refractivity contribution is -0.115. The van der Waals surface area contributed by atoms with E-state index in [2.05, 4.69) is 0 Å². The van der Waals surface area contributed by atoms with Gasteiger partial charge in [0.1, 0.15) is 5.67 Å². The molecule has 24 heavy (non-hydrogen) atoms. The third-order valence-electron chi connectivity index (χ3n) is 3.92. The molecule has 0 saturated carbocycles. The van der Waals surface area contributed by atoms with Crippen LogP contribution in [-0.4, -0.2) is 67.5 Å². The fourth-order valence-electron chi connectivity index (χ4n) is 2.56. The van der Waals surface area contributed by atoms with Crippen LogP contribution in [0.1, 0.15) is 33.6 Å². The number of nitrogens with zero attached hydrogens (tertiary/aromatic N) is 2. The Bertz CT molecular complexity index is 592. The van der Waals surface area contributed by atoms with Crippen LogP contribution in [0.25, 0.3) is 0 Å². The van der Waals surface area contributed by atoms with Crippen molar-refractivity contribution in [1.29, 1.82) is 0 Å². The molecule has 0 aromatic heterocycles. The number of carbonyl (C=O) groups is 3. The maximum Gasteiger partial charge on any atom is 0.261 e. The predicted octanol–water partition coefficient (Wildman–Crippen LogP) is 1.51. The lowest BCUT2D eigenvalue weighted by atomic mass is 9.96. The SMILES string of the molecule is CN(C)C=O.O=C1c2ccccc2C(=O)N1CC1(F)CCOCC1. The highest BCUT2D eigenvalue weighted by Gasteiger charge is 2.42.